The van der Waals surface area contributed by atoms with Gasteiger partial charge in [0.2, 0.25) is 5.95 Å². The summed E-state index contributed by atoms with van der Waals surface area (Å²) in [6.07, 6.45) is 8.95. The Labute approximate surface area is 282 Å². The monoisotopic (exact) mass is 794 g/mol. The van der Waals surface area contributed by atoms with E-state index in [1.54, 1.807) is 6.20 Å². The van der Waals surface area contributed by atoms with Crippen LogP contribution in [0.1, 0.15) is 26.3 Å². The van der Waals surface area contributed by atoms with Crippen molar-refractivity contribution >= 4 is 66.1 Å². The molecule has 10 rings (SSSR count). The van der Waals surface area contributed by atoms with E-state index < -0.39 is 0 Å². The van der Waals surface area contributed by atoms with Crippen molar-refractivity contribution in [3.63, 3.8) is 0 Å². The van der Waals surface area contributed by atoms with Gasteiger partial charge in [-0.05, 0) is 70.5 Å². The van der Waals surface area contributed by atoms with Gasteiger partial charge in [-0.2, -0.15) is 6.07 Å². The predicted octanol–water partition coefficient (Wildman–Crippen LogP) is 9.41. The maximum absolute atomic E-state index is 6.51. The standard InChI is InChI=1S/C38H25N5O3.Pt/c1-38(2,3)22-15-16-39-32(19-22)43-26-8-5-4-7-24(26)25-12-11-23(20-28(25)43)44-33-21-42-36-27(41-18-17-40-37(41)42)13-14-31-35(36)34-29(45-31)9-6-10-30(34)46-33;/h4-19H,1-3H3;/q-2;+2. The number of rotatable bonds is 3. The Morgan fingerprint density at radius 1 is 0.766 bits per heavy atom. The van der Waals surface area contributed by atoms with Crippen molar-refractivity contribution in [1.82, 2.24) is 23.3 Å². The van der Waals surface area contributed by atoms with Crippen molar-refractivity contribution in [2.45, 2.75) is 26.2 Å². The molecule has 6 heterocycles. The summed E-state index contributed by atoms with van der Waals surface area (Å²) in [6, 6.07) is 29.9. The van der Waals surface area contributed by atoms with Crippen LogP contribution in [0.5, 0.6) is 11.7 Å². The van der Waals surface area contributed by atoms with Crippen LogP contribution in [0, 0.1) is 12.3 Å². The van der Waals surface area contributed by atoms with Gasteiger partial charge < -0.3 is 26.9 Å². The molecule has 10 aromatic rings. The van der Waals surface area contributed by atoms with Crippen LogP contribution >= 0.6 is 0 Å². The van der Waals surface area contributed by atoms with E-state index in [0.29, 0.717) is 17.1 Å². The van der Waals surface area contributed by atoms with Crippen molar-refractivity contribution < 1.29 is 34.6 Å². The van der Waals surface area contributed by atoms with Crippen LogP contribution < -0.4 is 4.74 Å². The smallest absolute Gasteiger partial charge is 0.462 e. The van der Waals surface area contributed by atoms with Crippen LogP contribution in [0.2, 0.25) is 0 Å². The number of aromatic nitrogens is 5. The fourth-order valence-electron chi connectivity index (χ4n) is 6.75. The Kier molecular flexibility index (Phi) is 5.85. The average molecular weight is 795 g/mol. The molecular formula is C38H25N5O3Pt. The topological polar surface area (TPSA) is 75.0 Å². The number of hydrogen-bond donors (Lipinski definition) is 0. The van der Waals surface area contributed by atoms with Gasteiger partial charge in [-0.3, -0.25) is 4.98 Å². The van der Waals surface area contributed by atoms with E-state index in [1.807, 2.05) is 63.7 Å². The number of imidazole rings is 2. The van der Waals surface area contributed by atoms with E-state index in [-0.39, 0.29) is 32.4 Å². The molecule has 230 valence electrons. The molecule has 9 heteroatoms. The summed E-state index contributed by atoms with van der Waals surface area (Å²) in [7, 11) is 0. The molecule has 0 atom stereocenters. The quantitative estimate of drug-likeness (QED) is 0.167. The van der Waals surface area contributed by atoms with Crippen LogP contribution in [-0.4, -0.2) is 23.3 Å². The minimum absolute atomic E-state index is 0. The molecule has 0 saturated heterocycles. The van der Waals surface area contributed by atoms with Gasteiger partial charge in [0.05, 0.1) is 5.39 Å². The molecule has 0 aliphatic heterocycles. The van der Waals surface area contributed by atoms with E-state index in [2.05, 4.69) is 79.0 Å². The Morgan fingerprint density at radius 2 is 1.60 bits per heavy atom. The van der Waals surface area contributed by atoms with Crippen molar-refractivity contribution in [2.75, 3.05) is 0 Å². The number of fused-ring (bicyclic) bond motifs is 6. The minimum atomic E-state index is -0.0293. The minimum Gasteiger partial charge on any atom is -0.462 e. The molecule has 0 N–H and O–H groups in total. The summed E-state index contributed by atoms with van der Waals surface area (Å²) in [5.41, 5.74) is 7.08. The van der Waals surface area contributed by atoms with Gasteiger partial charge in [-0.15, -0.1) is 17.5 Å². The van der Waals surface area contributed by atoms with E-state index >= 15 is 0 Å². The van der Waals surface area contributed by atoms with Crippen molar-refractivity contribution in [3.05, 3.63) is 115 Å². The second-order valence-electron chi connectivity index (χ2n) is 12.7. The van der Waals surface area contributed by atoms with Gasteiger partial charge in [-0.1, -0.05) is 50.6 Å². The molecule has 0 spiro atoms. The third kappa shape index (κ3) is 3.98. The molecule has 0 aliphatic rings. The number of furan rings is 1. The van der Waals surface area contributed by atoms with E-state index in [4.69, 9.17) is 18.6 Å². The molecule has 0 fully saturated rings. The van der Waals surface area contributed by atoms with Crippen molar-refractivity contribution in [1.29, 1.82) is 0 Å². The Hall–Kier alpha value is -5.33. The first-order valence-corrected chi connectivity index (χ1v) is 15.2. The first-order valence-electron chi connectivity index (χ1n) is 15.2. The van der Waals surface area contributed by atoms with Gasteiger partial charge in [0.1, 0.15) is 28.3 Å². The van der Waals surface area contributed by atoms with Crippen LogP contribution in [0.25, 0.3) is 72.0 Å². The van der Waals surface area contributed by atoms with Gasteiger partial charge in [0, 0.05) is 40.8 Å². The number of nitrogens with zero attached hydrogens (tertiary/aromatic N) is 5. The largest absolute Gasteiger partial charge is 2.00 e. The Morgan fingerprint density at radius 3 is 2.47 bits per heavy atom. The first kappa shape index (κ1) is 27.9. The molecule has 4 aromatic carbocycles. The number of hydrogen-bond acceptors (Lipinski definition) is 5. The molecule has 47 heavy (non-hydrogen) atoms. The summed E-state index contributed by atoms with van der Waals surface area (Å²) in [4.78, 5) is 9.43. The van der Waals surface area contributed by atoms with Crippen LogP contribution in [-0.2, 0) is 26.5 Å². The molecular weight excluding hydrogens is 770 g/mol. The fraction of sp³-hybridized carbons (Fsp3) is 0.105. The van der Waals surface area contributed by atoms with Crippen LogP contribution in [0.3, 0.4) is 0 Å². The molecule has 0 amide bonds. The molecule has 6 aromatic heterocycles. The van der Waals surface area contributed by atoms with Gasteiger partial charge >= 0.3 is 21.1 Å². The zero-order chi connectivity index (χ0) is 30.7. The summed E-state index contributed by atoms with van der Waals surface area (Å²) >= 11 is 0. The Bertz CT molecular complexity index is 2840. The van der Waals surface area contributed by atoms with E-state index in [0.717, 1.165) is 60.6 Å². The summed E-state index contributed by atoms with van der Waals surface area (Å²) in [6.45, 7) is 6.62. The van der Waals surface area contributed by atoms with Crippen molar-refractivity contribution in [2.24, 2.45) is 0 Å². The summed E-state index contributed by atoms with van der Waals surface area (Å²) in [5.74, 6) is 2.14. The maximum Gasteiger partial charge on any atom is 2.00 e. The number of ether oxygens (including phenoxy) is 1. The molecule has 0 aliphatic carbocycles. The summed E-state index contributed by atoms with van der Waals surface area (Å²) in [5, 5.41) is 3.98. The SMILES string of the molecule is CC(C)(C)c1ccnc(-n2c3[c-]c(Oc4[c-]n5c6c7c(ccc6n6ccnc56)oc5cccc(o4)c57)ccc3c3ccccc32)c1.[Pt+2]. The van der Waals surface area contributed by atoms with E-state index in [1.165, 1.54) is 5.56 Å². The zero-order valence-electron chi connectivity index (χ0n) is 25.5. The van der Waals surface area contributed by atoms with Crippen LogP contribution in [0.4, 0.5) is 0 Å². The maximum atomic E-state index is 6.51. The summed E-state index contributed by atoms with van der Waals surface area (Å²) < 4.78 is 25.3. The van der Waals surface area contributed by atoms with Gasteiger partial charge in [0.15, 0.2) is 0 Å². The van der Waals surface area contributed by atoms with Gasteiger partial charge in [-0.25, -0.2) is 4.98 Å². The molecule has 8 nitrogen and oxygen atoms in total. The third-order valence-electron chi connectivity index (χ3n) is 8.89. The second kappa shape index (κ2) is 9.83. The normalized spacial score (nSPS) is 12.4. The Balaban J connectivity index is 0.00000302. The van der Waals surface area contributed by atoms with E-state index in [9.17, 15) is 0 Å². The number of pyridine rings is 1. The number of benzene rings is 4. The zero-order valence-corrected chi connectivity index (χ0v) is 27.8. The molecule has 0 unspecified atom stereocenters. The van der Waals surface area contributed by atoms with Crippen LogP contribution in [0.15, 0.2) is 106 Å². The molecule has 0 bridgehead atoms. The van der Waals surface area contributed by atoms with Crippen molar-refractivity contribution in [3.8, 4) is 17.5 Å². The molecule has 0 radical (unpaired) electrons. The van der Waals surface area contributed by atoms with Gasteiger partial charge in [0.25, 0.3) is 0 Å². The third-order valence-corrected chi connectivity index (χ3v) is 8.89. The number of para-hydroxylation sites is 1. The average Bonchev–Trinajstić information content (AvgIpc) is 3.80. The first-order chi connectivity index (χ1) is 22.4. The fourth-order valence-corrected chi connectivity index (χ4v) is 6.75. The second-order valence-corrected chi connectivity index (χ2v) is 12.7. The predicted molar refractivity (Wildman–Crippen MR) is 178 cm³/mol. The molecule has 0 saturated carbocycles.